The number of thiazole rings is 1. The molecule has 3 aromatic rings. The summed E-state index contributed by atoms with van der Waals surface area (Å²) in [6, 6.07) is 10.9. The van der Waals surface area contributed by atoms with Crippen molar-refractivity contribution in [3.8, 4) is 0 Å². The number of nitrogens with two attached hydrogens (primary N) is 1. The molecule has 10 heteroatoms. The van der Waals surface area contributed by atoms with E-state index in [2.05, 4.69) is 25.1 Å². The maximum atomic E-state index is 12.1. The van der Waals surface area contributed by atoms with E-state index in [1.54, 1.807) is 23.5 Å². The number of aliphatic imine (C=N–C) groups is 1. The molecule has 3 heterocycles. The molecular formula is C20H23IN6O2S. The van der Waals surface area contributed by atoms with Crippen LogP contribution in [0.3, 0.4) is 0 Å². The molecule has 0 bridgehead atoms. The molecule has 0 unspecified atom stereocenters. The highest BCUT2D eigenvalue weighted by Gasteiger charge is 2.19. The third kappa shape index (κ3) is 5.51. The smallest absolute Gasteiger partial charge is 0.291 e. The second kappa shape index (κ2) is 10.4. The average molecular weight is 538 g/mol. The van der Waals surface area contributed by atoms with Crippen LogP contribution in [0.2, 0.25) is 0 Å². The molecule has 1 amide bonds. The molecule has 4 rings (SSSR count). The van der Waals surface area contributed by atoms with Gasteiger partial charge in [-0.25, -0.2) is 9.98 Å². The van der Waals surface area contributed by atoms with Crippen molar-refractivity contribution in [2.24, 2.45) is 10.7 Å². The first kappa shape index (κ1) is 22.1. The van der Waals surface area contributed by atoms with Gasteiger partial charge in [0.25, 0.3) is 5.91 Å². The van der Waals surface area contributed by atoms with Crippen molar-refractivity contribution in [3.05, 3.63) is 65.6 Å². The molecule has 1 saturated heterocycles. The van der Waals surface area contributed by atoms with Gasteiger partial charge in [0.1, 0.15) is 0 Å². The summed E-state index contributed by atoms with van der Waals surface area (Å²) in [5.41, 5.74) is 7.86. The monoisotopic (exact) mass is 538 g/mol. The first-order chi connectivity index (χ1) is 14.2. The molecule has 0 spiro atoms. The van der Waals surface area contributed by atoms with Crippen LogP contribution in [0.5, 0.6) is 0 Å². The number of nitrogens with zero attached hydrogens (tertiary/aromatic N) is 4. The van der Waals surface area contributed by atoms with Gasteiger partial charge in [0.15, 0.2) is 16.9 Å². The molecule has 0 atom stereocenters. The average Bonchev–Trinajstić information content (AvgIpc) is 3.47. The number of piperazine rings is 1. The van der Waals surface area contributed by atoms with Crippen molar-refractivity contribution in [2.45, 2.75) is 6.54 Å². The van der Waals surface area contributed by atoms with E-state index in [1.807, 2.05) is 35.8 Å². The van der Waals surface area contributed by atoms with E-state index in [0.717, 1.165) is 36.9 Å². The number of aromatic nitrogens is 1. The lowest BCUT2D eigenvalue weighted by Crippen LogP contribution is -2.51. The number of anilines is 2. The van der Waals surface area contributed by atoms with Gasteiger partial charge < -0.3 is 25.3 Å². The van der Waals surface area contributed by atoms with E-state index in [0.29, 0.717) is 18.2 Å². The molecule has 1 aliphatic heterocycles. The molecule has 1 fully saturated rings. The molecule has 30 heavy (non-hydrogen) atoms. The number of amides is 1. The topological polar surface area (TPSA) is 100.0 Å². The van der Waals surface area contributed by atoms with E-state index >= 15 is 0 Å². The van der Waals surface area contributed by atoms with Crippen LogP contribution >= 0.6 is 35.3 Å². The van der Waals surface area contributed by atoms with E-state index < -0.39 is 0 Å². The summed E-state index contributed by atoms with van der Waals surface area (Å²) in [5, 5.41) is 5.86. The molecule has 1 aliphatic rings. The minimum Gasteiger partial charge on any atom is -0.459 e. The number of carbonyl (C=O) groups is 1. The summed E-state index contributed by atoms with van der Waals surface area (Å²) >= 11 is 1.65. The fraction of sp³-hybridized carbons (Fsp3) is 0.250. The number of furan rings is 1. The number of carbonyl (C=O) groups excluding carboxylic acids is 1. The first-order valence-corrected chi connectivity index (χ1v) is 10.2. The quantitative estimate of drug-likeness (QED) is 0.294. The lowest BCUT2D eigenvalue weighted by atomic mass is 10.2. The van der Waals surface area contributed by atoms with Crippen LogP contribution in [0.15, 0.2) is 63.6 Å². The van der Waals surface area contributed by atoms with Crippen LogP contribution in [-0.4, -0.2) is 47.9 Å². The Hall–Kier alpha value is -2.60. The van der Waals surface area contributed by atoms with Crippen molar-refractivity contribution < 1.29 is 9.21 Å². The Balaban J connectivity index is 0.00000256. The third-order valence-corrected chi connectivity index (χ3v) is 5.48. The van der Waals surface area contributed by atoms with Gasteiger partial charge in [0, 0.05) is 43.4 Å². The van der Waals surface area contributed by atoms with Gasteiger partial charge in [-0.15, -0.1) is 35.3 Å². The number of hydrogen-bond donors (Lipinski definition) is 2. The van der Waals surface area contributed by atoms with Crippen molar-refractivity contribution in [1.29, 1.82) is 0 Å². The van der Waals surface area contributed by atoms with Crippen LogP contribution < -0.4 is 16.0 Å². The molecule has 8 nitrogen and oxygen atoms in total. The Morgan fingerprint density at radius 3 is 2.77 bits per heavy atom. The maximum Gasteiger partial charge on any atom is 0.291 e. The number of rotatable bonds is 5. The molecular weight excluding hydrogens is 515 g/mol. The zero-order valence-corrected chi connectivity index (χ0v) is 19.4. The normalized spacial score (nSPS) is 14.3. The predicted molar refractivity (Wildman–Crippen MR) is 130 cm³/mol. The SMILES string of the molecule is I.NC(=NCc1cccc(NC(=O)c2ccco2)c1)N1CCN(c2nccs2)CC1. The van der Waals surface area contributed by atoms with Crippen LogP contribution in [-0.2, 0) is 6.54 Å². The fourth-order valence-corrected chi connectivity index (χ4v) is 3.82. The van der Waals surface area contributed by atoms with Crippen molar-refractivity contribution in [3.63, 3.8) is 0 Å². The van der Waals surface area contributed by atoms with Gasteiger partial charge in [-0.1, -0.05) is 12.1 Å². The van der Waals surface area contributed by atoms with Crippen molar-refractivity contribution in [2.75, 3.05) is 36.4 Å². The predicted octanol–water partition coefficient (Wildman–Crippen LogP) is 3.24. The zero-order valence-electron chi connectivity index (χ0n) is 16.2. The minimum absolute atomic E-state index is 0. The van der Waals surface area contributed by atoms with E-state index in [-0.39, 0.29) is 35.6 Å². The lowest BCUT2D eigenvalue weighted by molar-refractivity contribution is 0.0996. The molecule has 2 aromatic heterocycles. The lowest BCUT2D eigenvalue weighted by Gasteiger charge is -2.35. The van der Waals surface area contributed by atoms with E-state index in [4.69, 9.17) is 10.2 Å². The Bertz CT molecular complexity index is 969. The summed E-state index contributed by atoms with van der Waals surface area (Å²) in [4.78, 5) is 25.4. The third-order valence-electron chi connectivity index (χ3n) is 4.65. The highest BCUT2D eigenvalue weighted by molar-refractivity contribution is 14.0. The van der Waals surface area contributed by atoms with Gasteiger partial charge in [-0.2, -0.15) is 0 Å². The van der Waals surface area contributed by atoms with Gasteiger partial charge in [-0.05, 0) is 29.8 Å². The van der Waals surface area contributed by atoms with Gasteiger partial charge in [-0.3, -0.25) is 4.79 Å². The molecule has 0 radical (unpaired) electrons. The summed E-state index contributed by atoms with van der Waals surface area (Å²) in [6.45, 7) is 3.82. The number of halogens is 1. The van der Waals surface area contributed by atoms with Crippen LogP contribution in [0.25, 0.3) is 0 Å². The van der Waals surface area contributed by atoms with Gasteiger partial charge in [0.05, 0.1) is 12.8 Å². The molecule has 158 valence electrons. The minimum atomic E-state index is -0.284. The number of hydrogen-bond acceptors (Lipinski definition) is 6. The van der Waals surface area contributed by atoms with Crippen LogP contribution in [0.4, 0.5) is 10.8 Å². The second-order valence-electron chi connectivity index (χ2n) is 6.60. The van der Waals surface area contributed by atoms with E-state index in [9.17, 15) is 4.79 Å². The molecule has 0 aliphatic carbocycles. The molecule has 0 saturated carbocycles. The van der Waals surface area contributed by atoms with Crippen LogP contribution in [0, 0.1) is 0 Å². The number of nitrogens with one attached hydrogen (secondary N) is 1. The first-order valence-electron chi connectivity index (χ1n) is 9.32. The van der Waals surface area contributed by atoms with Crippen molar-refractivity contribution >= 4 is 58.0 Å². The Morgan fingerprint density at radius 2 is 2.07 bits per heavy atom. The summed E-state index contributed by atoms with van der Waals surface area (Å²) in [5.74, 6) is 0.525. The highest BCUT2D eigenvalue weighted by Crippen LogP contribution is 2.19. The Morgan fingerprint density at radius 1 is 1.23 bits per heavy atom. The molecule has 3 N–H and O–H groups in total. The molecule has 1 aromatic carbocycles. The Labute approximate surface area is 195 Å². The van der Waals surface area contributed by atoms with Gasteiger partial charge >= 0.3 is 0 Å². The second-order valence-corrected chi connectivity index (χ2v) is 7.47. The largest absolute Gasteiger partial charge is 0.459 e. The highest BCUT2D eigenvalue weighted by atomic mass is 127. The number of guanidine groups is 1. The van der Waals surface area contributed by atoms with Crippen molar-refractivity contribution in [1.82, 2.24) is 9.88 Å². The fourth-order valence-electron chi connectivity index (χ4n) is 3.12. The summed E-state index contributed by atoms with van der Waals surface area (Å²) in [7, 11) is 0. The summed E-state index contributed by atoms with van der Waals surface area (Å²) < 4.78 is 5.11. The standard InChI is InChI=1S/C20H22N6O2S.HI/c21-19(25-7-9-26(10-8-25)20-22-6-12-29-20)23-14-15-3-1-4-16(13-15)24-18(27)17-5-2-11-28-17;/h1-6,11-13H,7-10,14H2,(H2,21,23)(H,24,27);1H. The number of benzene rings is 1. The van der Waals surface area contributed by atoms with E-state index in [1.165, 1.54) is 6.26 Å². The maximum absolute atomic E-state index is 12.1. The zero-order chi connectivity index (χ0) is 20.1. The van der Waals surface area contributed by atoms with Crippen LogP contribution in [0.1, 0.15) is 16.1 Å². The Kier molecular flexibility index (Phi) is 7.69. The van der Waals surface area contributed by atoms with Gasteiger partial charge in [0.2, 0.25) is 0 Å². The summed E-state index contributed by atoms with van der Waals surface area (Å²) in [6.07, 6.45) is 3.30.